The smallest absolute Gasteiger partial charge is 0.268 e. The van der Waals surface area contributed by atoms with E-state index in [1.54, 1.807) is 36.1 Å². The number of ether oxygens (including phenoxy) is 1. The van der Waals surface area contributed by atoms with Crippen molar-refractivity contribution in [2.75, 3.05) is 11.4 Å². The van der Waals surface area contributed by atoms with Gasteiger partial charge in [0.15, 0.2) is 11.9 Å². The number of alkyl halides is 1. The van der Waals surface area contributed by atoms with E-state index in [1.807, 2.05) is 13.8 Å². The van der Waals surface area contributed by atoms with Gasteiger partial charge in [-0.25, -0.2) is 0 Å². The number of benzene rings is 1. The summed E-state index contributed by atoms with van der Waals surface area (Å²) in [5.74, 6) is 0.350. The van der Waals surface area contributed by atoms with Gasteiger partial charge in [-0.2, -0.15) is 0 Å². The first-order chi connectivity index (χ1) is 10.4. The summed E-state index contributed by atoms with van der Waals surface area (Å²) in [6.07, 6.45) is 1.13. The van der Waals surface area contributed by atoms with Crippen LogP contribution in [-0.4, -0.2) is 29.7 Å². The average Bonchev–Trinajstić information content (AvgIpc) is 2.48. The second kappa shape index (κ2) is 6.53. The van der Waals surface area contributed by atoms with Gasteiger partial charge in [-0.1, -0.05) is 19.9 Å². The van der Waals surface area contributed by atoms with Gasteiger partial charge in [0.25, 0.3) is 5.91 Å². The SMILES string of the molecule is C=CCN1C(=O)C(C(C)C)Oc2ccc(C(=O)C(C)Cl)cc21. The van der Waals surface area contributed by atoms with Gasteiger partial charge in [0.1, 0.15) is 5.75 Å². The Bertz CT molecular complexity index is 610. The maximum Gasteiger partial charge on any atom is 0.268 e. The van der Waals surface area contributed by atoms with Crippen molar-refractivity contribution in [3.05, 3.63) is 36.4 Å². The fourth-order valence-electron chi connectivity index (χ4n) is 2.41. The molecule has 0 bridgehead atoms. The van der Waals surface area contributed by atoms with Crippen molar-refractivity contribution in [2.24, 2.45) is 5.92 Å². The molecule has 1 aromatic carbocycles. The van der Waals surface area contributed by atoms with E-state index >= 15 is 0 Å². The number of carbonyl (C=O) groups excluding carboxylic acids is 2. The Balaban J connectivity index is 2.48. The van der Waals surface area contributed by atoms with Gasteiger partial charge in [-0.3, -0.25) is 9.59 Å². The van der Waals surface area contributed by atoms with E-state index in [0.29, 0.717) is 23.5 Å². The van der Waals surface area contributed by atoms with Gasteiger partial charge < -0.3 is 9.64 Å². The van der Waals surface area contributed by atoms with Crippen molar-refractivity contribution in [3.63, 3.8) is 0 Å². The Morgan fingerprint density at radius 1 is 1.45 bits per heavy atom. The molecule has 1 heterocycles. The monoisotopic (exact) mass is 321 g/mol. The van der Waals surface area contributed by atoms with Crippen LogP contribution in [0.4, 0.5) is 5.69 Å². The van der Waals surface area contributed by atoms with Crippen LogP contribution in [0.15, 0.2) is 30.9 Å². The molecule has 1 aliphatic rings. The second-order valence-electron chi connectivity index (χ2n) is 5.68. The Hall–Kier alpha value is -1.81. The number of amides is 1. The van der Waals surface area contributed by atoms with Crippen LogP contribution in [0.3, 0.4) is 0 Å². The molecule has 118 valence electrons. The minimum Gasteiger partial charge on any atom is -0.478 e. The third kappa shape index (κ3) is 3.02. The Labute approximate surface area is 135 Å². The van der Waals surface area contributed by atoms with Crippen LogP contribution in [0.2, 0.25) is 0 Å². The Kier molecular flexibility index (Phi) is 4.91. The van der Waals surface area contributed by atoms with Crippen LogP contribution in [-0.2, 0) is 4.79 Å². The molecule has 0 saturated carbocycles. The third-order valence-corrected chi connectivity index (χ3v) is 3.77. The Morgan fingerprint density at radius 2 is 2.14 bits per heavy atom. The van der Waals surface area contributed by atoms with Gasteiger partial charge in [0.05, 0.1) is 11.1 Å². The van der Waals surface area contributed by atoms with E-state index in [2.05, 4.69) is 6.58 Å². The molecule has 0 spiro atoms. The molecule has 0 fully saturated rings. The summed E-state index contributed by atoms with van der Waals surface area (Å²) >= 11 is 5.86. The van der Waals surface area contributed by atoms with Crippen LogP contribution in [0, 0.1) is 5.92 Å². The highest BCUT2D eigenvalue weighted by Gasteiger charge is 2.36. The molecule has 0 radical (unpaired) electrons. The topological polar surface area (TPSA) is 46.6 Å². The highest BCUT2D eigenvalue weighted by atomic mass is 35.5. The molecule has 0 aliphatic carbocycles. The predicted octanol–water partition coefficient (Wildman–Crippen LogP) is 3.43. The van der Waals surface area contributed by atoms with Crippen molar-refractivity contribution in [1.82, 2.24) is 0 Å². The van der Waals surface area contributed by atoms with E-state index in [0.717, 1.165) is 0 Å². The zero-order valence-electron chi connectivity index (χ0n) is 13.0. The van der Waals surface area contributed by atoms with Crippen molar-refractivity contribution < 1.29 is 14.3 Å². The number of Topliss-reactive ketones (excluding diaryl/α,β-unsaturated/α-hetero) is 1. The first kappa shape index (κ1) is 16.6. The molecule has 0 saturated heterocycles. The molecule has 1 aromatic rings. The van der Waals surface area contributed by atoms with Crippen LogP contribution < -0.4 is 9.64 Å². The molecule has 2 atom stereocenters. The average molecular weight is 322 g/mol. The molecule has 1 aliphatic heterocycles. The number of hydrogen-bond donors (Lipinski definition) is 0. The number of hydrogen-bond acceptors (Lipinski definition) is 3. The lowest BCUT2D eigenvalue weighted by atomic mass is 10.0. The minimum absolute atomic E-state index is 0.0529. The number of halogens is 1. The number of nitrogens with zero attached hydrogens (tertiary/aromatic N) is 1. The fourth-order valence-corrected chi connectivity index (χ4v) is 2.54. The summed E-state index contributed by atoms with van der Waals surface area (Å²) < 4.78 is 5.81. The van der Waals surface area contributed by atoms with Crippen LogP contribution in [0.5, 0.6) is 5.75 Å². The van der Waals surface area contributed by atoms with E-state index in [-0.39, 0.29) is 17.6 Å². The van der Waals surface area contributed by atoms with E-state index in [9.17, 15) is 9.59 Å². The summed E-state index contributed by atoms with van der Waals surface area (Å²) in [6.45, 7) is 9.56. The maximum atomic E-state index is 12.6. The van der Waals surface area contributed by atoms with Crippen molar-refractivity contribution >= 4 is 29.0 Å². The van der Waals surface area contributed by atoms with Gasteiger partial charge >= 0.3 is 0 Å². The number of anilines is 1. The van der Waals surface area contributed by atoms with Crippen LogP contribution in [0.1, 0.15) is 31.1 Å². The molecule has 2 rings (SSSR count). The summed E-state index contributed by atoms with van der Waals surface area (Å²) in [4.78, 5) is 26.2. The van der Waals surface area contributed by atoms with Gasteiger partial charge in [0, 0.05) is 12.1 Å². The summed E-state index contributed by atoms with van der Waals surface area (Å²) in [5, 5.41) is -0.616. The van der Waals surface area contributed by atoms with Gasteiger partial charge in [-0.15, -0.1) is 18.2 Å². The van der Waals surface area contributed by atoms with E-state index in [1.165, 1.54) is 0 Å². The number of carbonyl (C=O) groups is 2. The van der Waals surface area contributed by atoms with Crippen molar-refractivity contribution in [2.45, 2.75) is 32.3 Å². The normalized spacial score (nSPS) is 18.7. The maximum absolute atomic E-state index is 12.6. The van der Waals surface area contributed by atoms with Gasteiger partial charge in [-0.05, 0) is 31.0 Å². The standard InChI is InChI=1S/C17H20ClNO3/c1-5-8-19-13-9-12(15(20)11(4)18)6-7-14(13)22-16(10(2)3)17(19)21/h5-7,9-11,16H,1,8H2,2-4H3. The molecule has 4 nitrogen and oxygen atoms in total. The van der Waals surface area contributed by atoms with Crippen molar-refractivity contribution in [1.29, 1.82) is 0 Å². The van der Waals surface area contributed by atoms with Crippen LogP contribution in [0.25, 0.3) is 0 Å². The highest BCUT2D eigenvalue weighted by molar-refractivity contribution is 6.33. The van der Waals surface area contributed by atoms with Crippen LogP contribution >= 0.6 is 11.6 Å². The largest absolute Gasteiger partial charge is 0.478 e. The molecule has 2 unspecified atom stereocenters. The first-order valence-electron chi connectivity index (χ1n) is 7.28. The summed E-state index contributed by atoms with van der Waals surface area (Å²) in [6, 6.07) is 5.06. The zero-order chi connectivity index (χ0) is 16.4. The lowest BCUT2D eigenvalue weighted by molar-refractivity contribution is -0.128. The van der Waals surface area contributed by atoms with Gasteiger partial charge in [0.2, 0.25) is 0 Å². The molecule has 1 amide bonds. The molecule has 5 heteroatoms. The molecule has 22 heavy (non-hydrogen) atoms. The lowest BCUT2D eigenvalue weighted by Gasteiger charge is -2.35. The summed E-state index contributed by atoms with van der Waals surface area (Å²) in [7, 11) is 0. The first-order valence-corrected chi connectivity index (χ1v) is 7.71. The minimum atomic E-state index is -0.616. The highest BCUT2D eigenvalue weighted by Crippen LogP contribution is 2.36. The molecule has 0 N–H and O–H groups in total. The van der Waals surface area contributed by atoms with E-state index in [4.69, 9.17) is 16.3 Å². The second-order valence-corrected chi connectivity index (χ2v) is 6.34. The fraction of sp³-hybridized carbons (Fsp3) is 0.412. The number of rotatable bonds is 5. The van der Waals surface area contributed by atoms with E-state index < -0.39 is 11.5 Å². The van der Waals surface area contributed by atoms with Crippen molar-refractivity contribution in [3.8, 4) is 5.75 Å². The lowest BCUT2D eigenvalue weighted by Crippen LogP contribution is -2.48. The Morgan fingerprint density at radius 3 is 2.68 bits per heavy atom. The predicted molar refractivity (Wildman–Crippen MR) is 87.9 cm³/mol. The molecular weight excluding hydrogens is 302 g/mol. The quantitative estimate of drug-likeness (QED) is 0.474. The summed E-state index contributed by atoms with van der Waals surface area (Å²) in [5.41, 5.74) is 1.06. The number of fused-ring (bicyclic) bond motifs is 1. The zero-order valence-corrected chi connectivity index (χ0v) is 13.8. The third-order valence-electron chi connectivity index (χ3n) is 3.58. The molecule has 0 aromatic heterocycles. The number of ketones is 1. The molecular formula is C17H20ClNO3.